The molecule has 84 valence electrons. The van der Waals surface area contributed by atoms with Gasteiger partial charge >= 0.3 is 0 Å². The quantitative estimate of drug-likeness (QED) is 0.641. The van der Waals surface area contributed by atoms with Crippen molar-refractivity contribution in [1.29, 1.82) is 0 Å². The Hall–Kier alpha value is -2.43. The van der Waals surface area contributed by atoms with E-state index >= 15 is 0 Å². The highest BCUT2D eigenvalue weighted by Gasteiger charge is 2.05. The van der Waals surface area contributed by atoms with E-state index in [4.69, 9.17) is 4.52 Å². The molecular weight excluding hydrogens is 218 g/mol. The largest absolute Gasteiger partial charge is 0.343 e. The molecule has 0 amide bonds. The van der Waals surface area contributed by atoms with E-state index in [1.54, 1.807) is 6.07 Å². The number of benzene rings is 1. The standard InChI is InChI=1S/C12H9N3O2/c16-7-9-1-2-11-10(5-9)3-4-15(11)6-12-13-8-17-14-12/h1-5,7-8H,6H2. The minimum atomic E-state index is 0.556. The van der Waals surface area contributed by atoms with Gasteiger partial charge in [-0.1, -0.05) is 5.16 Å². The van der Waals surface area contributed by atoms with Crippen molar-refractivity contribution in [3.8, 4) is 0 Å². The highest BCUT2D eigenvalue weighted by Crippen LogP contribution is 2.17. The van der Waals surface area contributed by atoms with E-state index in [-0.39, 0.29) is 0 Å². The molecule has 0 aliphatic rings. The van der Waals surface area contributed by atoms with Crippen LogP contribution in [0.1, 0.15) is 16.2 Å². The van der Waals surface area contributed by atoms with Crippen LogP contribution in [0.25, 0.3) is 10.9 Å². The molecule has 2 heterocycles. The molecule has 1 aromatic carbocycles. The lowest BCUT2D eigenvalue weighted by Crippen LogP contribution is -1.99. The molecule has 3 rings (SSSR count). The fourth-order valence-corrected chi connectivity index (χ4v) is 1.84. The summed E-state index contributed by atoms with van der Waals surface area (Å²) in [7, 11) is 0. The summed E-state index contributed by atoms with van der Waals surface area (Å²) in [6.07, 6.45) is 4.09. The number of carbonyl (C=O) groups excluding carboxylic acids is 1. The summed E-state index contributed by atoms with van der Waals surface area (Å²) < 4.78 is 6.70. The van der Waals surface area contributed by atoms with Crippen LogP contribution in [0, 0.1) is 0 Å². The zero-order valence-corrected chi connectivity index (χ0v) is 8.91. The van der Waals surface area contributed by atoms with Gasteiger partial charge in [-0.25, -0.2) is 0 Å². The van der Waals surface area contributed by atoms with Crippen LogP contribution in [0.3, 0.4) is 0 Å². The van der Waals surface area contributed by atoms with E-state index in [1.165, 1.54) is 6.39 Å². The van der Waals surface area contributed by atoms with Crippen LogP contribution in [-0.2, 0) is 6.54 Å². The Morgan fingerprint density at radius 3 is 3.06 bits per heavy atom. The van der Waals surface area contributed by atoms with Gasteiger partial charge in [0, 0.05) is 22.7 Å². The summed E-state index contributed by atoms with van der Waals surface area (Å²) in [5, 5.41) is 4.79. The monoisotopic (exact) mass is 227 g/mol. The number of rotatable bonds is 3. The lowest BCUT2D eigenvalue weighted by atomic mass is 10.2. The van der Waals surface area contributed by atoms with Crippen molar-refractivity contribution >= 4 is 17.2 Å². The normalized spacial score (nSPS) is 10.8. The van der Waals surface area contributed by atoms with E-state index in [0.29, 0.717) is 17.9 Å². The number of fused-ring (bicyclic) bond motifs is 1. The average molecular weight is 227 g/mol. The zero-order chi connectivity index (χ0) is 11.7. The second kappa shape index (κ2) is 3.86. The molecule has 0 N–H and O–H groups in total. The summed E-state index contributed by atoms with van der Waals surface area (Å²) >= 11 is 0. The molecule has 5 heteroatoms. The average Bonchev–Trinajstić information content (AvgIpc) is 2.99. The Balaban J connectivity index is 2.03. The zero-order valence-electron chi connectivity index (χ0n) is 8.91. The molecule has 0 saturated heterocycles. The van der Waals surface area contributed by atoms with E-state index in [0.717, 1.165) is 17.2 Å². The molecule has 5 nitrogen and oxygen atoms in total. The first-order valence-electron chi connectivity index (χ1n) is 5.16. The highest BCUT2D eigenvalue weighted by atomic mass is 16.5. The first-order chi connectivity index (χ1) is 8.36. The first-order valence-corrected chi connectivity index (χ1v) is 5.16. The molecule has 0 unspecified atom stereocenters. The number of hydrogen-bond acceptors (Lipinski definition) is 4. The van der Waals surface area contributed by atoms with Crippen molar-refractivity contribution < 1.29 is 9.32 Å². The highest BCUT2D eigenvalue weighted by molar-refractivity contribution is 5.87. The van der Waals surface area contributed by atoms with Gasteiger partial charge in [-0.3, -0.25) is 4.79 Å². The third kappa shape index (κ3) is 1.71. The third-order valence-corrected chi connectivity index (χ3v) is 2.65. The van der Waals surface area contributed by atoms with E-state index < -0.39 is 0 Å². The first kappa shape index (κ1) is 9.77. The lowest BCUT2D eigenvalue weighted by molar-refractivity contribution is 0.112. The molecule has 0 radical (unpaired) electrons. The summed E-state index contributed by atoms with van der Waals surface area (Å²) in [5.41, 5.74) is 1.72. The van der Waals surface area contributed by atoms with Gasteiger partial charge in [-0.2, -0.15) is 4.98 Å². The number of nitrogens with zero attached hydrogens (tertiary/aromatic N) is 3. The van der Waals surface area contributed by atoms with Crippen LogP contribution in [0.5, 0.6) is 0 Å². The SMILES string of the molecule is O=Cc1ccc2c(ccn2Cc2ncon2)c1. The Kier molecular flexibility index (Phi) is 2.22. The molecule has 0 spiro atoms. The maximum Gasteiger partial charge on any atom is 0.213 e. The molecule has 0 aliphatic heterocycles. The summed E-state index contributed by atoms with van der Waals surface area (Å²) in [4.78, 5) is 14.7. The smallest absolute Gasteiger partial charge is 0.213 e. The maximum atomic E-state index is 10.7. The van der Waals surface area contributed by atoms with Crippen LogP contribution in [-0.4, -0.2) is 21.0 Å². The van der Waals surface area contributed by atoms with Crippen molar-refractivity contribution in [1.82, 2.24) is 14.7 Å². The third-order valence-electron chi connectivity index (χ3n) is 2.65. The van der Waals surface area contributed by atoms with E-state index in [2.05, 4.69) is 10.1 Å². The van der Waals surface area contributed by atoms with Gasteiger partial charge < -0.3 is 9.09 Å². The lowest BCUT2D eigenvalue weighted by Gasteiger charge is -2.01. The maximum absolute atomic E-state index is 10.7. The Labute approximate surface area is 96.7 Å². The van der Waals surface area contributed by atoms with Crippen molar-refractivity contribution in [3.05, 3.63) is 48.2 Å². The summed E-state index contributed by atoms with van der Waals surface area (Å²) in [6, 6.07) is 7.53. The van der Waals surface area contributed by atoms with Gasteiger partial charge in [0.2, 0.25) is 6.39 Å². The Morgan fingerprint density at radius 2 is 2.29 bits per heavy atom. The van der Waals surface area contributed by atoms with E-state index in [1.807, 2.05) is 29.0 Å². The number of hydrogen-bond donors (Lipinski definition) is 0. The van der Waals surface area contributed by atoms with Crippen LogP contribution in [0.4, 0.5) is 0 Å². The predicted molar refractivity (Wildman–Crippen MR) is 60.7 cm³/mol. The summed E-state index contributed by atoms with van der Waals surface area (Å²) in [5.74, 6) is 0.627. The number of aromatic nitrogens is 3. The van der Waals surface area contributed by atoms with Crippen LogP contribution >= 0.6 is 0 Å². The molecule has 2 aromatic heterocycles. The topological polar surface area (TPSA) is 60.9 Å². The Morgan fingerprint density at radius 1 is 1.35 bits per heavy atom. The van der Waals surface area contributed by atoms with Gasteiger partial charge in [0.25, 0.3) is 0 Å². The van der Waals surface area contributed by atoms with Gasteiger partial charge in [-0.05, 0) is 24.3 Å². The molecule has 3 aromatic rings. The number of carbonyl (C=O) groups is 1. The van der Waals surface area contributed by atoms with Crippen molar-refractivity contribution in [3.63, 3.8) is 0 Å². The second-order valence-electron chi connectivity index (χ2n) is 3.73. The fourth-order valence-electron chi connectivity index (χ4n) is 1.84. The Bertz CT molecular complexity index is 656. The summed E-state index contributed by atoms with van der Waals surface area (Å²) in [6.45, 7) is 0.556. The minimum absolute atomic E-state index is 0.556. The van der Waals surface area contributed by atoms with Crippen molar-refractivity contribution in [2.24, 2.45) is 0 Å². The molecule has 17 heavy (non-hydrogen) atoms. The predicted octanol–water partition coefficient (Wildman–Crippen LogP) is 1.89. The van der Waals surface area contributed by atoms with Crippen LogP contribution in [0.2, 0.25) is 0 Å². The molecule has 0 atom stereocenters. The molecule has 0 fully saturated rings. The van der Waals surface area contributed by atoms with Gasteiger partial charge in [0.1, 0.15) is 6.29 Å². The van der Waals surface area contributed by atoms with Crippen LogP contribution < -0.4 is 0 Å². The fraction of sp³-hybridized carbons (Fsp3) is 0.0833. The van der Waals surface area contributed by atoms with Gasteiger partial charge in [0.05, 0.1) is 6.54 Å². The molecule has 0 saturated carbocycles. The molecular formula is C12H9N3O2. The molecule has 0 aliphatic carbocycles. The van der Waals surface area contributed by atoms with E-state index in [9.17, 15) is 4.79 Å². The van der Waals surface area contributed by atoms with Crippen molar-refractivity contribution in [2.45, 2.75) is 6.54 Å². The minimum Gasteiger partial charge on any atom is -0.343 e. The van der Waals surface area contributed by atoms with Crippen molar-refractivity contribution in [2.75, 3.05) is 0 Å². The molecule has 0 bridgehead atoms. The van der Waals surface area contributed by atoms with Gasteiger partial charge in [-0.15, -0.1) is 0 Å². The van der Waals surface area contributed by atoms with Crippen LogP contribution in [0.15, 0.2) is 41.4 Å². The second-order valence-corrected chi connectivity index (χ2v) is 3.73. The van der Waals surface area contributed by atoms with Gasteiger partial charge in [0.15, 0.2) is 5.82 Å². The number of aldehydes is 1.